The van der Waals surface area contributed by atoms with Gasteiger partial charge in [-0.25, -0.2) is 17.8 Å². The minimum Gasteiger partial charge on any atom is -0.369 e. The molecule has 0 aliphatic carbocycles. The lowest BCUT2D eigenvalue weighted by molar-refractivity contribution is 0.502. The van der Waals surface area contributed by atoms with Crippen molar-refractivity contribution >= 4 is 26.8 Å². The van der Waals surface area contributed by atoms with E-state index in [0.29, 0.717) is 18.5 Å². The first-order chi connectivity index (χ1) is 8.96. The van der Waals surface area contributed by atoms with Gasteiger partial charge in [0.25, 0.3) is 0 Å². The van der Waals surface area contributed by atoms with Gasteiger partial charge in [-0.3, -0.25) is 0 Å². The molecule has 1 aliphatic rings. The molecule has 0 saturated carbocycles. The molecule has 5 nitrogen and oxygen atoms in total. The number of rotatable bonds is 2. The van der Waals surface area contributed by atoms with Gasteiger partial charge in [0, 0.05) is 6.54 Å². The lowest BCUT2D eigenvalue weighted by Gasteiger charge is -2.11. The molecule has 1 unspecified atom stereocenters. The van der Waals surface area contributed by atoms with Crippen LogP contribution in [0.3, 0.4) is 0 Å². The summed E-state index contributed by atoms with van der Waals surface area (Å²) in [5.74, 6) is 0.222. The maximum atomic E-state index is 13.6. The number of imidazole rings is 1. The molecular formula is C12H14FN3O2S. The van der Waals surface area contributed by atoms with E-state index in [0.717, 1.165) is 0 Å². The Hall–Kier alpha value is -1.63. The Morgan fingerprint density at radius 1 is 1.47 bits per heavy atom. The third kappa shape index (κ3) is 2.18. The van der Waals surface area contributed by atoms with E-state index >= 15 is 0 Å². The number of sulfone groups is 1. The summed E-state index contributed by atoms with van der Waals surface area (Å²) in [6.07, 6.45) is 0.622. The summed E-state index contributed by atoms with van der Waals surface area (Å²) in [6.45, 7) is 0.463. The fraction of sp³-hybridized carbons (Fsp3) is 0.417. The molecule has 1 atom stereocenters. The standard InChI is InChI=1S/C12H14FN3O2S/c13-9-2-1-3-10-11(9)15-12(14)16(10)6-8-4-5-19(17,18)7-8/h1-3,8H,4-7H2,(H2,14,15). The Kier molecular flexibility index (Phi) is 2.74. The highest BCUT2D eigenvalue weighted by atomic mass is 32.2. The van der Waals surface area contributed by atoms with Crippen molar-refractivity contribution in [3.05, 3.63) is 24.0 Å². The second-order valence-corrected chi connectivity index (χ2v) is 7.19. The second-order valence-electron chi connectivity index (χ2n) is 4.96. The van der Waals surface area contributed by atoms with Crippen molar-refractivity contribution in [2.45, 2.75) is 13.0 Å². The summed E-state index contributed by atoms with van der Waals surface area (Å²) in [7, 11) is -2.92. The van der Waals surface area contributed by atoms with Crippen molar-refractivity contribution in [3.8, 4) is 0 Å². The zero-order chi connectivity index (χ0) is 13.6. The maximum absolute atomic E-state index is 13.6. The number of anilines is 1. The predicted octanol–water partition coefficient (Wildman–Crippen LogP) is 1.19. The molecule has 0 spiro atoms. The van der Waals surface area contributed by atoms with E-state index in [4.69, 9.17) is 5.73 Å². The molecule has 1 saturated heterocycles. The summed E-state index contributed by atoms with van der Waals surface area (Å²) in [5, 5.41) is 0. The number of hydrogen-bond acceptors (Lipinski definition) is 4. The van der Waals surface area contributed by atoms with E-state index in [-0.39, 0.29) is 28.9 Å². The van der Waals surface area contributed by atoms with Crippen molar-refractivity contribution in [1.82, 2.24) is 9.55 Å². The van der Waals surface area contributed by atoms with Crippen molar-refractivity contribution in [2.24, 2.45) is 5.92 Å². The molecule has 1 aromatic carbocycles. The molecule has 102 valence electrons. The van der Waals surface area contributed by atoms with Gasteiger partial charge in [0.2, 0.25) is 5.95 Å². The quantitative estimate of drug-likeness (QED) is 0.898. The van der Waals surface area contributed by atoms with Crippen molar-refractivity contribution in [2.75, 3.05) is 17.2 Å². The van der Waals surface area contributed by atoms with Crippen LogP contribution in [0.25, 0.3) is 11.0 Å². The first kappa shape index (κ1) is 12.4. The lowest BCUT2D eigenvalue weighted by atomic mass is 10.1. The van der Waals surface area contributed by atoms with Gasteiger partial charge in [0.05, 0.1) is 17.0 Å². The van der Waals surface area contributed by atoms with Gasteiger partial charge in [0.1, 0.15) is 5.52 Å². The van der Waals surface area contributed by atoms with Gasteiger partial charge in [-0.15, -0.1) is 0 Å². The number of halogens is 1. The Labute approximate surface area is 110 Å². The van der Waals surface area contributed by atoms with Crippen LogP contribution in [-0.4, -0.2) is 29.5 Å². The second kappa shape index (κ2) is 4.19. The van der Waals surface area contributed by atoms with Crippen LogP contribution in [0, 0.1) is 11.7 Å². The van der Waals surface area contributed by atoms with Crippen molar-refractivity contribution in [3.63, 3.8) is 0 Å². The molecule has 3 rings (SSSR count). The van der Waals surface area contributed by atoms with Crippen LogP contribution < -0.4 is 5.73 Å². The maximum Gasteiger partial charge on any atom is 0.201 e. The average molecular weight is 283 g/mol. The zero-order valence-corrected chi connectivity index (χ0v) is 11.0. The Balaban J connectivity index is 1.97. The number of nitrogens with two attached hydrogens (primary N) is 1. The van der Waals surface area contributed by atoms with Crippen LogP contribution in [0.5, 0.6) is 0 Å². The highest BCUT2D eigenvalue weighted by molar-refractivity contribution is 7.91. The summed E-state index contributed by atoms with van der Waals surface area (Å²) in [4.78, 5) is 4.01. The van der Waals surface area contributed by atoms with E-state index in [2.05, 4.69) is 4.98 Å². The van der Waals surface area contributed by atoms with Crippen molar-refractivity contribution < 1.29 is 12.8 Å². The molecule has 0 radical (unpaired) electrons. The fourth-order valence-electron chi connectivity index (χ4n) is 2.60. The summed E-state index contributed by atoms with van der Waals surface area (Å²) in [5.41, 5.74) is 6.65. The van der Waals surface area contributed by atoms with Gasteiger partial charge >= 0.3 is 0 Å². The average Bonchev–Trinajstić information content (AvgIpc) is 2.83. The van der Waals surface area contributed by atoms with E-state index in [1.54, 1.807) is 16.7 Å². The molecule has 0 bridgehead atoms. The Morgan fingerprint density at radius 2 is 2.26 bits per heavy atom. The highest BCUT2D eigenvalue weighted by Crippen LogP contribution is 2.25. The number of benzene rings is 1. The summed E-state index contributed by atoms with van der Waals surface area (Å²) >= 11 is 0. The minimum absolute atomic E-state index is 0.0213. The fourth-order valence-corrected chi connectivity index (χ4v) is 4.45. The predicted molar refractivity (Wildman–Crippen MR) is 70.9 cm³/mol. The number of hydrogen-bond donors (Lipinski definition) is 1. The monoisotopic (exact) mass is 283 g/mol. The molecule has 0 amide bonds. The molecular weight excluding hydrogens is 269 g/mol. The topological polar surface area (TPSA) is 78.0 Å². The Morgan fingerprint density at radius 3 is 2.95 bits per heavy atom. The first-order valence-corrected chi connectivity index (χ1v) is 7.89. The number of para-hydroxylation sites is 1. The first-order valence-electron chi connectivity index (χ1n) is 6.07. The minimum atomic E-state index is -2.92. The molecule has 1 aromatic heterocycles. The van der Waals surface area contributed by atoms with E-state index in [1.165, 1.54) is 6.07 Å². The van der Waals surface area contributed by atoms with E-state index < -0.39 is 15.7 Å². The summed E-state index contributed by atoms with van der Waals surface area (Å²) < 4.78 is 38.2. The lowest BCUT2D eigenvalue weighted by Crippen LogP contribution is -2.14. The molecule has 19 heavy (non-hydrogen) atoms. The van der Waals surface area contributed by atoms with Crippen molar-refractivity contribution in [1.29, 1.82) is 0 Å². The van der Waals surface area contributed by atoms with Crippen LogP contribution in [-0.2, 0) is 16.4 Å². The largest absolute Gasteiger partial charge is 0.369 e. The van der Waals surface area contributed by atoms with Crippen LogP contribution in [0.4, 0.5) is 10.3 Å². The van der Waals surface area contributed by atoms with Gasteiger partial charge in [-0.05, 0) is 24.5 Å². The van der Waals surface area contributed by atoms with Crippen LogP contribution in [0.2, 0.25) is 0 Å². The Bertz CT molecular complexity index is 739. The molecule has 1 fully saturated rings. The number of nitrogens with zero attached hydrogens (tertiary/aromatic N) is 2. The molecule has 1 aliphatic heterocycles. The highest BCUT2D eigenvalue weighted by Gasteiger charge is 2.29. The number of fused-ring (bicyclic) bond motifs is 1. The molecule has 2 aromatic rings. The van der Waals surface area contributed by atoms with E-state index in [9.17, 15) is 12.8 Å². The number of nitrogen functional groups attached to an aromatic ring is 1. The smallest absolute Gasteiger partial charge is 0.201 e. The summed E-state index contributed by atoms with van der Waals surface area (Å²) in [6, 6.07) is 4.67. The zero-order valence-electron chi connectivity index (χ0n) is 10.2. The molecule has 2 heterocycles. The van der Waals surface area contributed by atoms with Gasteiger partial charge < -0.3 is 10.3 Å². The van der Waals surface area contributed by atoms with Gasteiger partial charge in [-0.1, -0.05) is 6.07 Å². The van der Waals surface area contributed by atoms with Crippen LogP contribution in [0.15, 0.2) is 18.2 Å². The van der Waals surface area contributed by atoms with E-state index in [1.807, 2.05) is 0 Å². The molecule has 7 heteroatoms. The van der Waals surface area contributed by atoms with Crippen LogP contribution >= 0.6 is 0 Å². The third-order valence-electron chi connectivity index (χ3n) is 3.53. The SMILES string of the molecule is Nc1nc2c(F)cccc2n1CC1CCS(=O)(=O)C1. The van der Waals surface area contributed by atoms with Gasteiger partial charge in [0.15, 0.2) is 15.7 Å². The van der Waals surface area contributed by atoms with Gasteiger partial charge in [-0.2, -0.15) is 0 Å². The number of aromatic nitrogens is 2. The third-order valence-corrected chi connectivity index (χ3v) is 5.36. The molecule has 2 N–H and O–H groups in total. The normalized spacial score (nSPS) is 22.1. The van der Waals surface area contributed by atoms with Crippen LogP contribution in [0.1, 0.15) is 6.42 Å².